The highest BCUT2D eigenvalue weighted by atomic mass is 32.2. The van der Waals surface area contributed by atoms with Crippen molar-refractivity contribution in [2.24, 2.45) is 5.41 Å². The molecule has 130 valence electrons. The molecule has 0 aliphatic carbocycles. The predicted molar refractivity (Wildman–Crippen MR) is 93.2 cm³/mol. The summed E-state index contributed by atoms with van der Waals surface area (Å²) in [5.41, 5.74) is -0.426. The van der Waals surface area contributed by atoms with Crippen LogP contribution in [0, 0.1) is 5.41 Å². The first-order valence-corrected chi connectivity index (χ1v) is 9.95. The van der Waals surface area contributed by atoms with Gasteiger partial charge >= 0.3 is 0 Å². The van der Waals surface area contributed by atoms with Crippen LogP contribution in [0.15, 0.2) is 0 Å². The third-order valence-electron chi connectivity index (χ3n) is 5.19. The zero-order valence-electron chi connectivity index (χ0n) is 14.6. The highest BCUT2D eigenvalue weighted by Crippen LogP contribution is 2.29. The molecular weight excluding hydrogens is 310 g/mol. The molecule has 2 amide bonds. The van der Waals surface area contributed by atoms with Crippen LogP contribution in [0.3, 0.4) is 0 Å². The maximum Gasteiger partial charge on any atom is 0.246 e. The highest BCUT2D eigenvalue weighted by Gasteiger charge is 2.41. The van der Waals surface area contributed by atoms with Crippen molar-refractivity contribution in [1.82, 2.24) is 14.7 Å². The van der Waals surface area contributed by atoms with E-state index in [0.29, 0.717) is 11.9 Å². The molecule has 2 atom stereocenters. The van der Waals surface area contributed by atoms with E-state index in [1.54, 1.807) is 11.8 Å². The summed E-state index contributed by atoms with van der Waals surface area (Å²) in [4.78, 5) is 32.1. The fourth-order valence-electron chi connectivity index (χ4n) is 3.90. The molecule has 0 unspecified atom stereocenters. The summed E-state index contributed by atoms with van der Waals surface area (Å²) >= 11 is 1.70. The van der Waals surface area contributed by atoms with Gasteiger partial charge in [-0.15, -0.1) is 11.8 Å². The van der Waals surface area contributed by atoms with Crippen LogP contribution in [-0.4, -0.2) is 76.4 Å². The Morgan fingerprint density at radius 1 is 1.09 bits per heavy atom. The highest BCUT2D eigenvalue weighted by molar-refractivity contribution is 7.99. The maximum atomic E-state index is 13.1. The second kappa shape index (κ2) is 6.63. The van der Waals surface area contributed by atoms with Crippen LogP contribution in [0.25, 0.3) is 0 Å². The van der Waals surface area contributed by atoms with Gasteiger partial charge in [0, 0.05) is 36.8 Å². The largest absolute Gasteiger partial charge is 0.339 e. The Morgan fingerprint density at radius 3 is 2.57 bits per heavy atom. The molecule has 0 saturated carbocycles. The summed E-state index contributed by atoms with van der Waals surface area (Å²) in [6, 6.07) is 0.266. The lowest BCUT2D eigenvalue weighted by Crippen LogP contribution is -2.52. The van der Waals surface area contributed by atoms with Crippen molar-refractivity contribution in [2.45, 2.75) is 52.1 Å². The zero-order valence-corrected chi connectivity index (χ0v) is 15.4. The van der Waals surface area contributed by atoms with Crippen molar-refractivity contribution in [1.29, 1.82) is 0 Å². The van der Waals surface area contributed by atoms with Crippen molar-refractivity contribution in [3.63, 3.8) is 0 Å². The number of rotatable bonds is 1. The smallest absolute Gasteiger partial charge is 0.246 e. The molecule has 6 heteroatoms. The number of thioether (sulfide) groups is 1. The SMILES string of the molecule is CC(C)(C)C(=O)N1CSC[C@@H]1C(=O)N1CCCN2CCC[C@H]2C1. The van der Waals surface area contributed by atoms with Gasteiger partial charge < -0.3 is 9.80 Å². The minimum Gasteiger partial charge on any atom is -0.339 e. The Labute approximate surface area is 143 Å². The Kier molecular flexibility index (Phi) is 4.93. The Hall–Kier alpha value is -0.750. The van der Waals surface area contributed by atoms with E-state index < -0.39 is 5.41 Å². The molecule has 3 aliphatic heterocycles. The lowest BCUT2D eigenvalue weighted by atomic mass is 9.94. The molecule has 3 aliphatic rings. The number of hydrogen-bond acceptors (Lipinski definition) is 4. The normalized spacial score (nSPS) is 29.5. The van der Waals surface area contributed by atoms with E-state index in [0.717, 1.165) is 31.8 Å². The van der Waals surface area contributed by atoms with E-state index in [9.17, 15) is 9.59 Å². The van der Waals surface area contributed by atoms with Gasteiger partial charge in [0.2, 0.25) is 11.8 Å². The number of fused-ring (bicyclic) bond motifs is 1. The van der Waals surface area contributed by atoms with Crippen molar-refractivity contribution >= 4 is 23.6 Å². The van der Waals surface area contributed by atoms with E-state index in [2.05, 4.69) is 4.90 Å². The summed E-state index contributed by atoms with van der Waals surface area (Å²) in [6.07, 6.45) is 3.50. The van der Waals surface area contributed by atoms with Crippen LogP contribution >= 0.6 is 11.8 Å². The van der Waals surface area contributed by atoms with Gasteiger partial charge in [-0.3, -0.25) is 14.5 Å². The van der Waals surface area contributed by atoms with Crippen molar-refractivity contribution in [3.05, 3.63) is 0 Å². The molecule has 3 saturated heterocycles. The molecule has 0 spiro atoms. The van der Waals surface area contributed by atoms with Gasteiger partial charge in [-0.1, -0.05) is 20.8 Å². The molecule has 0 N–H and O–H groups in total. The van der Waals surface area contributed by atoms with Gasteiger partial charge in [0.25, 0.3) is 0 Å². The fraction of sp³-hybridized carbons (Fsp3) is 0.882. The molecule has 0 radical (unpaired) electrons. The summed E-state index contributed by atoms with van der Waals surface area (Å²) in [6.45, 7) is 9.77. The summed E-state index contributed by atoms with van der Waals surface area (Å²) < 4.78 is 0. The Balaban J connectivity index is 1.70. The molecule has 3 heterocycles. The number of hydrogen-bond donors (Lipinski definition) is 0. The molecule has 0 bridgehead atoms. The molecule has 3 fully saturated rings. The van der Waals surface area contributed by atoms with Gasteiger partial charge in [-0.05, 0) is 25.8 Å². The van der Waals surface area contributed by atoms with Crippen LogP contribution in [0.2, 0.25) is 0 Å². The second-order valence-corrected chi connectivity index (χ2v) is 9.01. The van der Waals surface area contributed by atoms with Gasteiger partial charge in [0.1, 0.15) is 6.04 Å². The van der Waals surface area contributed by atoms with Crippen LogP contribution in [0.1, 0.15) is 40.0 Å². The first-order valence-electron chi connectivity index (χ1n) is 8.79. The maximum absolute atomic E-state index is 13.1. The minimum absolute atomic E-state index is 0.0955. The summed E-state index contributed by atoms with van der Waals surface area (Å²) in [7, 11) is 0. The Morgan fingerprint density at radius 2 is 1.83 bits per heavy atom. The first kappa shape index (κ1) is 17.1. The average Bonchev–Trinajstić information content (AvgIpc) is 3.09. The quantitative estimate of drug-likeness (QED) is 0.728. The van der Waals surface area contributed by atoms with Crippen molar-refractivity contribution in [3.8, 4) is 0 Å². The van der Waals surface area contributed by atoms with Crippen molar-refractivity contribution in [2.75, 3.05) is 37.8 Å². The molecule has 0 aromatic carbocycles. The summed E-state index contributed by atoms with van der Waals surface area (Å²) in [5, 5.41) is 0. The Bertz CT molecular complexity index is 477. The third-order valence-corrected chi connectivity index (χ3v) is 6.20. The second-order valence-electron chi connectivity index (χ2n) is 8.01. The zero-order chi connectivity index (χ0) is 16.6. The lowest BCUT2D eigenvalue weighted by Gasteiger charge is -2.33. The molecule has 0 aromatic rings. The standard InChI is InChI=1S/C17H29N3O2S/c1-17(2,3)16(22)20-12-23-11-14(20)15(21)19-9-5-8-18-7-4-6-13(18)10-19/h13-14H,4-12H2,1-3H3/t13-,14+/m0/s1. The number of carbonyl (C=O) groups excluding carboxylic acids is 2. The average molecular weight is 340 g/mol. The topological polar surface area (TPSA) is 43.9 Å². The van der Waals surface area contributed by atoms with Gasteiger partial charge in [0.15, 0.2) is 0 Å². The number of carbonyl (C=O) groups is 2. The molecule has 5 nitrogen and oxygen atoms in total. The number of amides is 2. The van der Waals surface area contributed by atoms with Crippen LogP contribution < -0.4 is 0 Å². The van der Waals surface area contributed by atoms with E-state index in [-0.39, 0.29) is 17.9 Å². The van der Waals surface area contributed by atoms with Gasteiger partial charge in [-0.25, -0.2) is 0 Å². The van der Waals surface area contributed by atoms with Gasteiger partial charge in [-0.2, -0.15) is 0 Å². The predicted octanol–water partition coefficient (Wildman–Crippen LogP) is 1.63. The van der Waals surface area contributed by atoms with Crippen LogP contribution in [-0.2, 0) is 9.59 Å². The minimum atomic E-state index is -0.426. The molecule has 23 heavy (non-hydrogen) atoms. The lowest BCUT2D eigenvalue weighted by molar-refractivity contribution is -0.148. The number of nitrogens with zero attached hydrogens (tertiary/aromatic N) is 3. The van der Waals surface area contributed by atoms with Crippen molar-refractivity contribution < 1.29 is 9.59 Å². The van der Waals surface area contributed by atoms with E-state index in [1.807, 2.05) is 30.6 Å². The van der Waals surface area contributed by atoms with Crippen LogP contribution in [0.4, 0.5) is 0 Å². The molecular formula is C17H29N3O2S. The fourth-order valence-corrected chi connectivity index (χ4v) is 5.04. The van der Waals surface area contributed by atoms with E-state index in [1.165, 1.54) is 19.4 Å². The summed E-state index contributed by atoms with van der Waals surface area (Å²) in [5.74, 6) is 1.65. The van der Waals surface area contributed by atoms with E-state index in [4.69, 9.17) is 0 Å². The van der Waals surface area contributed by atoms with E-state index >= 15 is 0 Å². The van der Waals surface area contributed by atoms with Gasteiger partial charge in [0.05, 0.1) is 5.88 Å². The molecule has 0 aromatic heterocycles. The molecule has 3 rings (SSSR count). The first-order chi connectivity index (χ1) is 10.9. The monoisotopic (exact) mass is 339 g/mol. The third kappa shape index (κ3) is 3.53. The van der Waals surface area contributed by atoms with Crippen LogP contribution in [0.5, 0.6) is 0 Å².